The third-order valence-corrected chi connectivity index (χ3v) is 13.8. The average Bonchev–Trinajstić information content (AvgIpc) is 4.01. The number of nitrogen functional groups attached to an aromatic ring is 1. The third-order valence-electron chi connectivity index (χ3n) is 13.8. The lowest BCUT2D eigenvalue weighted by atomic mass is 9.93. The topological polar surface area (TPSA) is 243 Å². The third kappa shape index (κ3) is 12.9. The fourth-order valence-electron chi connectivity index (χ4n) is 9.68. The van der Waals surface area contributed by atoms with Gasteiger partial charge in [0.25, 0.3) is 5.91 Å². The number of unbranched alkanes of at least 4 members (excludes halogenated alkanes) is 1. The van der Waals surface area contributed by atoms with Crippen LogP contribution in [0.5, 0.6) is 5.75 Å². The molecule has 0 unspecified atom stereocenters. The number of allylic oxidation sites excluding steroid dienone is 1. The molecule has 1 aliphatic carbocycles. The average molecular weight is 1010 g/mol. The Hall–Kier alpha value is -7.61. The summed E-state index contributed by atoms with van der Waals surface area (Å²) in [4.78, 5) is 94.7. The fourth-order valence-corrected chi connectivity index (χ4v) is 9.68. The maximum atomic E-state index is 13.9. The minimum atomic E-state index is -0.566. The number of hydrogen-bond acceptors (Lipinski definition) is 13. The summed E-state index contributed by atoms with van der Waals surface area (Å²) in [7, 11) is 1.48. The molecular weight excluding hydrogens is 945 g/mol. The molecule has 20 nitrogen and oxygen atoms in total. The quantitative estimate of drug-likeness (QED) is 0.0724. The van der Waals surface area contributed by atoms with E-state index in [1.54, 1.807) is 40.3 Å². The summed E-state index contributed by atoms with van der Waals surface area (Å²) in [6, 6.07) is 13.8. The van der Waals surface area contributed by atoms with E-state index >= 15 is 0 Å². The molecule has 2 aromatic carbocycles. The van der Waals surface area contributed by atoms with Gasteiger partial charge < -0.3 is 35.4 Å². The first-order valence-corrected chi connectivity index (χ1v) is 25.6. The summed E-state index contributed by atoms with van der Waals surface area (Å²) >= 11 is 0. The van der Waals surface area contributed by atoms with Crippen molar-refractivity contribution in [2.24, 2.45) is 0 Å². The molecule has 0 spiro atoms. The Bertz CT molecular complexity index is 2890. The van der Waals surface area contributed by atoms with Gasteiger partial charge >= 0.3 is 6.03 Å². The van der Waals surface area contributed by atoms with Gasteiger partial charge in [0.2, 0.25) is 23.6 Å². The number of ether oxygens (including phenoxy) is 1. The predicted octanol–water partition coefficient (Wildman–Crippen LogP) is 6.13. The van der Waals surface area contributed by atoms with Crippen molar-refractivity contribution < 1.29 is 38.0 Å². The van der Waals surface area contributed by atoms with E-state index in [1.165, 1.54) is 18.4 Å². The molecular formula is C54H68N12O8. The van der Waals surface area contributed by atoms with E-state index in [1.807, 2.05) is 68.5 Å². The first-order chi connectivity index (χ1) is 35.5. The fraction of sp³-hybridized carbons (Fsp3) is 0.463. The van der Waals surface area contributed by atoms with E-state index in [0.717, 1.165) is 48.3 Å². The van der Waals surface area contributed by atoms with Crippen LogP contribution in [0.3, 0.4) is 0 Å². The number of fused-ring (bicyclic) bond motifs is 1. The molecule has 7 amide bonds. The van der Waals surface area contributed by atoms with Crippen molar-refractivity contribution in [2.75, 3.05) is 75.4 Å². The number of aryl methyl sites for hydroxylation is 1. The summed E-state index contributed by atoms with van der Waals surface area (Å²) in [5, 5.41) is 12.3. The normalized spacial score (nSPS) is 15.9. The molecule has 5 aromatic rings. The Morgan fingerprint density at radius 2 is 1.73 bits per heavy atom. The number of amides is 7. The van der Waals surface area contributed by atoms with Gasteiger partial charge in [0.1, 0.15) is 34.4 Å². The van der Waals surface area contributed by atoms with Gasteiger partial charge in [-0.2, -0.15) is 0 Å². The summed E-state index contributed by atoms with van der Waals surface area (Å²) in [5.74, 6) is 1.51. The van der Waals surface area contributed by atoms with Crippen LogP contribution in [0, 0.1) is 6.92 Å². The highest BCUT2D eigenvalue weighted by atomic mass is 16.5. The monoisotopic (exact) mass is 1010 g/mol. The summed E-state index contributed by atoms with van der Waals surface area (Å²) < 4.78 is 12.8. The number of aromatic nitrogens is 4. The highest BCUT2D eigenvalue weighted by molar-refractivity contribution is 6.07. The molecule has 2 saturated heterocycles. The Labute approximate surface area is 431 Å². The number of imidazole rings is 1. The van der Waals surface area contributed by atoms with Gasteiger partial charge in [0.15, 0.2) is 5.82 Å². The molecule has 74 heavy (non-hydrogen) atoms. The lowest BCUT2D eigenvalue weighted by Crippen LogP contribution is -2.50. The maximum Gasteiger partial charge on any atom is 0.328 e. The minimum Gasteiger partial charge on any atom is -0.495 e. The second kappa shape index (κ2) is 23.5. The molecule has 5 heterocycles. The van der Waals surface area contributed by atoms with Crippen molar-refractivity contribution >= 4 is 64.5 Å². The van der Waals surface area contributed by atoms with Crippen LogP contribution >= 0.6 is 0 Å². The maximum absolute atomic E-state index is 13.9. The van der Waals surface area contributed by atoms with Crippen molar-refractivity contribution in [2.45, 2.75) is 103 Å². The number of nitrogens with two attached hydrogens (primary N) is 1. The SMILES string of the molecule is COc1ccc(C(=O)N2CCN(CCC(=O)N(CCC/C=C/c3cnc(N)c4c(-c5ccc(CC(=O)Nc6cc(C(C)(C)C)on6)cc5)nc(C)n34)CC(=O)NC3CCCCC3)CC2)cc1N1CCC(=O)NC1=O. The van der Waals surface area contributed by atoms with E-state index in [2.05, 4.69) is 31.0 Å². The highest BCUT2D eigenvalue weighted by Crippen LogP contribution is 2.33. The number of nitrogens with one attached hydrogen (secondary N) is 3. The molecule has 3 aliphatic rings. The number of urea groups is 1. The number of benzene rings is 2. The van der Waals surface area contributed by atoms with Gasteiger partial charge in [-0.25, -0.2) is 14.8 Å². The van der Waals surface area contributed by atoms with Crippen molar-refractivity contribution in [3.63, 3.8) is 0 Å². The Morgan fingerprint density at radius 3 is 2.43 bits per heavy atom. The molecule has 1 saturated carbocycles. The van der Waals surface area contributed by atoms with Gasteiger partial charge in [0, 0.05) is 87.3 Å². The van der Waals surface area contributed by atoms with Crippen molar-refractivity contribution in [1.82, 2.24) is 44.9 Å². The Balaban J connectivity index is 0.857. The van der Waals surface area contributed by atoms with E-state index in [4.69, 9.17) is 20.0 Å². The molecule has 8 rings (SSSR count). The number of anilines is 3. The molecule has 3 fully saturated rings. The number of piperazine rings is 1. The molecule has 0 bridgehead atoms. The van der Waals surface area contributed by atoms with Crippen LogP contribution in [-0.2, 0) is 31.0 Å². The lowest BCUT2D eigenvalue weighted by Gasteiger charge is -2.35. The number of imide groups is 1. The molecule has 0 atom stereocenters. The zero-order valence-corrected chi connectivity index (χ0v) is 43.1. The first-order valence-electron chi connectivity index (χ1n) is 25.6. The smallest absolute Gasteiger partial charge is 0.328 e. The van der Waals surface area contributed by atoms with Gasteiger partial charge in [-0.1, -0.05) is 75.5 Å². The Morgan fingerprint density at radius 1 is 0.973 bits per heavy atom. The van der Waals surface area contributed by atoms with Crippen LogP contribution in [0.4, 0.5) is 22.1 Å². The highest BCUT2D eigenvalue weighted by Gasteiger charge is 2.30. The molecule has 5 N–H and O–H groups in total. The van der Waals surface area contributed by atoms with Crippen LogP contribution in [0.1, 0.15) is 112 Å². The number of methoxy groups -OCH3 is 1. The van der Waals surface area contributed by atoms with Crippen LogP contribution < -0.4 is 31.3 Å². The van der Waals surface area contributed by atoms with E-state index in [0.29, 0.717) is 97.7 Å². The van der Waals surface area contributed by atoms with Gasteiger partial charge in [-0.3, -0.25) is 43.5 Å². The summed E-state index contributed by atoms with van der Waals surface area (Å²) in [6.45, 7) is 11.0. The number of carbonyl (C=O) groups excluding carboxylic acids is 6. The minimum absolute atomic E-state index is 0.0184. The number of hydrogen-bond donors (Lipinski definition) is 4. The van der Waals surface area contributed by atoms with Gasteiger partial charge in [-0.15, -0.1) is 0 Å². The van der Waals surface area contributed by atoms with Gasteiger partial charge in [-0.05, 0) is 62.4 Å². The van der Waals surface area contributed by atoms with Crippen LogP contribution in [0.25, 0.3) is 22.9 Å². The first kappa shape index (κ1) is 52.7. The molecule has 2 aliphatic heterocycles. The zero-order valence-electron chi connectivity index (χ0n) is 43.1. The second-order valence-electron chi connectivity index (χ2n) is 20.3. The molecule has 392 valence electrons. The van der Waals surface area contributed by atoms with Crippen molar-refractivity contribution in [1.29, 1.82) is 0 Å². The van der Waals surface area contributed by atoms with Crippen LogP contribution in [0.15, 0.2) is 65.3 Å². The summed E-state index contributed by atoms with van der Waals surface area (Å²) in [5.41, 5.74) is 10.8. The number of carbonyl (C=O) groups is 6. The molecule has 20 heteroatoms. The van der Waals surface area contributed by atoms with Crippen LogP contribution in [0.2, 0.25) is 0 Å². The second-order valence-corrected chi connectivity index (χ2v) is 20.3. The Kier molecular flexibility index (Phi) is 16.7. The standard InChI is InChI=1S/C54H68N12O8/c1-35-57-49(37-17-15-36(16-18-37)30-46(68)59-44-32-43(74-61-44)54(2,3)4)50-51(55)56-33-40(66(35)50)14-10-7-11-23-64(34-47(69)58-39-12-8-6-9-13-39)48(70)22-24-62-26-28-63(29-27-62)52(71)38-19-20-42(73-5)41(31-38)65-25-21-45(67)60-53(65)72/h10,14-20,31-33,39H,6-9,11-13,21-30,34H2,1-5H3,(H2,55,56)(H,58,69)(H,59,61,68)(H,60,67,72)/b14-10+. The largest absolute Gasteiger partial charge is 0.495 e. The van der Waals surface area contributed by atoms with Crippen molar-refractivity contribution in [3.05, 3.63) is 89.2 Å². The molecule has 3 aromatic heterocycles. The van der Waals surface area contributed by atoms with Crippen LogP contribution in [-0.4, -0.2) is 135 Å². The summed E-state index contributed by atoms with van der Waals surface area (Å²) in [6.07, 6.45) is 12.7. The van der Waals surface area contributed by atoms with E-state index in [-0.39, 0.29) is 73.3 Å². The zero-order chi connectivity index (χ0) is 52.5. The lowest BCUT2D eigenvalue weighted by molar-refractivity contribution is -0.136. The van der Waals surface area contributed by atoms with E-state index in [9.17, 15) is 28.8 Å². The van der Waals surface area contributed by atoms with E-state index < -0.39 is 6.03 Å². The van der Waals surface area contributed by atoms with Gasteiger partial charge in [0.05, 0.1) is 37.7 Å². The number of rotatable bonds is 18. The number of nitrogens with zero attached hydrogens (tertiary/aromatic N) is 8. The van der Waals surface area contributed by atoms with Crippen molar-refractivity contribution in [3.8, 4) is 17.0 Å². The predicted molar refractivity (Wildman–Crippen MR) is 280 cm³/mol. The molecule has 0 radical (unpaired) electrons.